The average Bonchev–Trinajstić information content (AvgIpc) is 2.68. The van der Waals surface area contributed by atoms with Crippen LogP contribution in [-0.4, -0.2) is 36.1 Å². The Labute approximate surface area is 153 Å². The number of aromatic nitrogens is 2. The lowest BCUT2D eigenvalue weighted by molar-refractivity contribution is 0.0922. The van der Waals surface area contributed by atoms with Crippen LogP contribution < -0.4 is 20.1 Å². The van der Waals surface area contributed by atoms with Crippen molar-refractivity contribution in [3.05, 3.63) is 36.2 Å². The highest BCUT2D eigenvalue weighted by atomic mass is 16.5. The molecule has 0 bridgehead atoms. The summed E-state index contributed by atoms with van der Waals surface area (Å²) in [5.74, 6) is 1.48. The van der Waals surface area contributed by atoms with Crippen molar-refractivity contribution in [3.8, 4) is 11.5 Å². The first-order valence-corrected chi connectivity index (χ1v) is 8.82. The molecule has 1 aliphatic carbocycles. The zero-order valence-corrected chi connectivity index (χ0v) is 15.1. The summed E-state index contributed by atoms with van der Waals surface area (Å²) < 4.78 is 10.5. The fraction of sp³-hybridized carbons (Fsp3) is 0.421. The van der Waals surface area contributed by atoms with E-state index in [0.717, 1.165) is 12.8 Å². The lowest BCUT2D eigenvalue weighted by atomic mass is 9.95. The molecular formula is C19H24N4O3. The molecule has 2 N–H and O–H groups in total. The van der Waals surface area contributed by atoms with E-state index in [1.54, 1.807) is 44.7 Å². The molecule has 1 saturated carbocycles. The number of benzene rings is 1. The molecule has 1 aliphatic rings. The number of carbonyl (C=O) groups excluding carboxylic acids is 1. The summed E-state index contributed by atoms with van der Waals surface area (Å²) in [6.07, 6.45) is 7.22. The van der Waals surface area contributed by atoms with Gasteiger partial charge in [-0.1, -0.05) is 19.3 Å². The molecule has 7 nitrogen and oxygen atoms in total. The molecule has 26 heavy (non-hydrogen) atoms. The van der Waals surface area contributed by atoms with Crippen LogP contribution in [0.1, 0.15) is 42.6 Å². The van der Waals surface area contributed by atoms with E-state index in [0.29, 0.717) is 28.8 Å². The van der Waals surface area contributed by atoms with E-state index in [9.17, 15) is 4.79 Å². The van der Waals surface area contributed by atoms with Crippen LogP contribution in [0.2, 0.25) is 0 Å². The zero-order valence-electron chi connectivity index (χ0n) is 15.1. The number of rotatable bonds is 6. The van der Waals surface area contributed by atoms with Crippen LogP contribution in [0.4, 0.5) is 11.6 Å². The summed E-state index contributed by atoms with van der Waals surface area (Å²) in [7, 11) is 3.18. The molecule has 1 amide bonds. The van der Waals surface area contributed by atoms with Gasteiger partial charge in [-0.3, -0.25) is 4.79 Å². The maximum absolute atomic E-state index is 12.4. The summed E-state index contributed by atoms with van der Waals surface area (Å²) in [5.41, 5.74) is 1.06. The van der Waals surface area contributed by atoms with Gasteiger partial charge in [-0.25, -0.2) is 9.97 Å². The second-order valence-corrected chi connectivity index (χ2v) is 6.30. The summed E-state index contributed by atoms with van der Waals surface area (Å²) in [4.78, 5) is 21.0. The van der Waals surface area contributed by atoms with Gasteiger partial charge in [0, 0.05) is 36.1 Å². The van der Waals surface area contributed by atoms with Gasteiger partial charge in [-0.05, 0) is 18.9 Å². The Morgan fingerprint density at radius 2 is 1.77 bits per heavy atom. The molecule has 0 spiro atoms. The van der Waals surface area contributed by atoms with Crippen LogP contribution in [0.5, 0.6) is 11.5 Å². The Bertz CT molecular complexity index is 738. The molecule has 0 aliphatic heterocycles. The maximum atomic E-state index is 12.4. The monoisotopic (exact) mass is 356 g/mol. The number of anilines is 2. The minimum atomic E-state index is -0.162. The Balaban J connectivity index is 1.71. The van der Waals surface area contributed by atoms with Crippen molar-refractivity contribution in [2.45, 2.75) is 38.1 Å². The number of nitrogens with zero attached hydrogens (tertiary/aromatic N) is 2. The van der Waals surface area contributed by atoms with Gasteiger partial charge in [-0.2, -0.15) is 0 Å². The van der Waals surface area contributed by atoms with Gasteiger partial charge in [0.1, 0.15) is 17.2 Å². The second kappa shape index (κ2) is 8.51. The van der Waals surface area contributed by atoms with Gasteiger partial charge in [0.25, 0.3) is 5.91 Å². The van der Waals surface area contributed by atoms with Crippen LogP contribution in [0.3, 0.4) is 0 Å². The Morgan fingerprint density at radius 1 is 1.08 bits per heavy atom. The number of amides is 1. The predicted octanol–water partition coefficient (Wildman–Crippen LogP) is 3.30. The smallest absolute Gasteiger partial charge is 0.270 e. The Morgan fingerprint density at radius 3 is 2.42 bits per heavy atom. The summed E-state index contributed by atoms with van der Waals surface area (Å²) >= 11 is 0. The maximum Gasteiger partial charge on any atom is 0.270 e. The van der Waals surface area contributed by atoms with Crippen LogP contribution in [0.25, 0.3) is 0 Å². The van der Waals surface area contributed by atoms with E-state index in [1.165, 1.54) is 19.3 Å². The Hall–Kier alpha value is -2.83. The standard InChI is InChI=1S/C19H24N4O3/c1-25-15-10-14(11-16(12-15)26-2)22-19-20-9-8-17(23-19)18(24)21-13-6-4-3-5-7-13/h8-13H,3-7H2,1-2H3,(H,21,24)(H,20,22,23). The molecule has 0 saturated heterocycles. The number of nitrogens with one attached hydrogen (secondary N) is 2. The third kappa shape index (κ3) is 4.62. The van der Waals surface area contributed by atoms with E-state index in [4.69, 9.17) is 9.47 Å². The minimum Gasteiger partial charge on any atom is -0.497 e. The first-order chi connectivity index (χ1) is 12.7. The van der Waals surface area contributed by atoms with E-state index in [1.807, 2.05) is 0 Å². The molecule has 1 fully saturated rings. The molecular weight excluding hydrogens is 332 g/mol. The van der Waals surface area contributed by atoms with Gasteiger partial charge < -0.3 is 20.1 Å². The molecule has 1 aromatic heterocycles. The van der Waals surface area contributed by atoms with Gasteiger partial charge in [0.2, 0.25) is 5.95 Å². The zero-order chi connectivity index (χ0) is 18.4. The topological polar surface area (TPSA) is 85.4 Å². The molecule has 1 aromatic carbocycles. The second-order valence-electron chi connectivity index (χ2n) is 6.30. The van der Waals surface area contributed by atoms with Crippen molar-refractivity contribution in [1.82, 2.24) is 15.3 Å². The van der Waals surface area contributed by atoms with Crippen LogP contribution in [-0.2, 0) is 0 Å². The third-order valence-corrected chi connectivity index (χ3v) is 4.44. The lowest BCUT2D eigenvalue weighted by Crippen LogP contribution is -2.36. The van der Waals surface area contributed by atoms with Crippen LogP contribution in [0, 0.1) is 0 Å². The highest BCUT2D eigenvalue weighted by Crippen LogP contribution is 2.27. The van der Waals surface area contributed by atoms with Gasteiger partial charge in [0.15, 0.2) is 0 Å². The number of hydrogen-bond acceptors (Lipinski definition) is 6. The highest BCUT2D eigenvalue weighted by molar-refractivity contribution is 5.92. The first-order valence-electron chi connectivity index (χ1n) is 8.82. The van der Waals surface area contributed by atoms with Crippen molar-refractivity contribution < 1.29 is 14.3 Å². The minimum absolute atomic E-state index is 0.162. The third-order valence-electron chi connectivity index (χ3n) is 4.44. The van der Waals surface area contributed by atoms with Gasteiger partial charge in [0.05, 0.1) is 14.2 Å². The van der Waals surface area contributed by atoms with Crippen molar-refractivity contribution in [2.75, 3.05) is 19.5 Å². The number of hydrogen-bond donors (Lipinski definition) is 2. The molecule has 7 heteroatoms. The summed E-state index contributed by atoms with van der Waals surface area (Å²) in [5, 5.41) is 6.16. The highest BCUT2D eigenvalue weighted by Gasteiger charge is 2.17. The normalized spacial score (nSPS) is 14.5. The predicted molar refractivity (Wildman–Crippen MR) is 99.2 cm³/mol. The molecule has 0 atom stereocenters. The van der Waals surface area contributed by atoms with Gasteiger partial charge >= 0.3 is 0 Å². The molecule has 138 valence electrons. The molecule has 2 aromatic rings. The van der Waals surface area contributed by atoms with Crippen molar-refractivity contribution in [2.24, 2.45) is 0 Å². The van der Waals surface area contributed by atoms with Crippen molar-refractivity contribution in [1.29, 1.82) is 0 Å². The number of ether oxygens (including phenoxy) is 2. The molecule has 1 heterocycles. The quantitative estimate of drug-likeness (QED) is 0.826. The van der Waals surface area contributed by atoms with Crippen molar-refractivity contribution >= 4 is 17.5 Å². The fourth-order valence-electron chi connectivity index (χ4n) is 3.06. The van der Waals surface area contributed by atoms with Crippen molar-refractivity contribution in [3.63, 3.8) is 0 Å². The molecule has 0 unspecified atom stereocenters. The average molecular weight is 356 g/mol. The lowest BCUT2D eigenvalue weighted by Gasteiger charge is -2.22. The first kappa shape index (κ1) is 18.0. The SMILES string of the molecule is COc1cc(Nc2nccc(C(=O)NC3CCCCC3)n2)cc(OC)c1. The fourth-order valence-corrected chi connectivity index (χ4v) is 3.06. The molecule has 3 rings (SSSR count). The van der Waals surface area contributed by atoms with E-state index in [2.05, 4.69) is 20.6 Å². The van der Waals surface area contributed by atoms with Gasteiger partial charge in [-0.15, -0.1) is 0 Å². The Kier molecular flexibility index (Phi) is 5.88. The summed E-state index contributed by atoms with van der Waals surface area (Å²) in [6, 6.07) is 7.25. The van der Waals surface area contributed by atoms with E-state index < -0.39 is 0 Å². The largest absolute Gasteiger partial charge is 0.497 e. The molecule has 0 radical (unpaired) electrons. The number of carbonyl (C=O) groups is 1. The number of methoxy groups -OCH3 is 2. The van der Waals surface area contributed by atoms with Crippen LogP contribution >= 0.6 is 0 Å². The van der Waals surface area contributed by atoms with E-state index >= 15 is 0 Å². The summed E-state index contributed by atoms with van der Waals surface area (Å²) in [6.45, 7) is 0. The van der Waals surface area contributed by atoms with E-state index in [-0.39, 0.29) is 11.9 Å². The van der Waals surface area contributed by atoms with Crippen LogP contribution in [0.15, 0.2) is 30.5 Å².